The summed E-state index contributed by atoms with van der Waals surface area (Å²) < 4.78 is 38.6. The van der Waals surface area contributed by atoms with Crippen molar-refractivity contribution in [2.45, 2.75) is 19.6 Å². The summed E-state index contributed by atoms with van der Waals surface area (Å²) in [6, 6.07) is 17.1. The molecule has 0 unspecified atom stereocenters. The molecule has 0 saturated carbocycles. The number of hydrogen-bond acceptors (Lipinski definition) is 8. The molecule has 9 nitrogen and oxygen atoms in total. The molecular formula is C25H21F3N8O. The summed E-state index contributed by atoms with van der Waals surface area (Å²) in [4.78, 5) is 28.4. The van der Waals surface area contributed by atoms with E-state index in [1.54, 1.807) is 31.2 Å². The third kappa shape index (κ3) is 6.42. The Morgan fingerprint density at radius 2 is 1.81 bits per heavy atom. The highest BCUT2D eigenvalue weighted by molar-refractivity contribution is 6.01. The molecule has 2 aromatic carbocycles. The predicted octanol–water partition coefficient (Wildman–Crippen LogP) is 4.30. The van der Waals surface area contributed by atoms with E-state index in [0.29, 0.717) is 23.4 Å². The number of hydrazone groups is 1. The first-order valence-corrected chi connectivity index (χ1v) is 11.0. The molecular weight excluding hydrogens is 485 g/mol. The van der Waals surface area contributed by atoms with Gasteiger partial charge in [0.2, 0.25) is 5.95 Å². The molecule has 188 valence electrons. The second kappa shape index (κ2) is 10.8. The molecule has 0 aliphatic carbocycles. The number of nitrogens with zero attached hydrogens (tertiary/aromatic N) is 5. The van der Waals surface area contributed by atoms with Gasteiger partial charge in [-0.15, -0.1) is 0 Å². The number of amides is 1. The normalized spacial score (nSPS) is 11.7. The molecule has 4 N–H and O–H groups in total. The van der Waals surface area contributed by atoms with Crippen LogP contribution in [0.4, 0.5) is 24.9 Å². The molecule has 1 amide bonds. The fraction of sp³-hybridized carbons (Fsp3) is 0.120. The van der Waals surface area contributed by atoms with Gasteiger partial charge in [0.25, 0.3) is 5.91 Å². The van der Waals surface area contributed by atoms with E-state index >= 15 is 0 Å². The number of nitrogen functional groups attached to an aromatic ring is 1. The highest BCUT2D eigenvalue weighted by Gasteiger charge is 2.32. The first kappa shape index (κ1) is 25.2. The third-order valence-corrected chi connectivity index (χ3v) is 5.13. The molecule has 0 radical (unpaired) electrons. The minimum atomic E-state index is -4.62. The standard InChI is InChI=1S/C25H21F3N8O/c1-15(35-36-24-30-11-10-20(34-24)25(26,27)28)21-22(29)31-14-19(33-21)17-8-5-9-18(12-17)23(37)32-13-16-6-3-2-4-7-16/h2-12,14H,13H2,1H3,(H2,29,31)(H,32,37)(H,30,34,36). The Hall–Kier alpha value is -4.87. The van der Waals surface area contributed by atoms with Gasteiger partial charge in [-0.2, -0.15) is 18.3 Å². The number of rotatable bonds is 7. The van der Waals surface area contributed by atoms with Gasteiger partial charge < -0.3 is 11.1 Å². The van der Waals surface area contributed by atoms with Crippen molar-refractivity contribution in [3.8, 4) is 11.3 Å². The van der Waals surface area contributed by atoms with Crippen LogP contribution in [0.5, 0.6) is 0 Å². The topological polar surface area (TPSA) is 131 Å². The molecule has 0 aliphatic heterocycles. The van der Waals surface area contributed by atoms with Crippen molar-refractivity contribution in [1.29, 1.82) is 0 Å². The summed E-state index contributed by atoms with van der Waals surface area (Å²) in [5, 5.41) is 6.88. The van der Waals surface area contributed by atoms with Gasteiger partial charge in [-0.25, -0.2) is 25.4 Å². The first-order valence-electron chi connectivity index (χ1n) is 11.0. The largest absolute Gasteiger partial charge is 0.433 e. The first-order chi connectivity index (χ1) is 17.7. The summed E-state index contributed by atoms with van der Waals surface area (Å²) >= 11 is 0. The smallest absolute Gasteiger partial charge is 0.382 e. The van der Waals surface area contributed by atoms with Gasteiger partial charge in [0.15, 0.2) is 5.82 Å². The van der Waals surface area contributed by atoms with Crippen LogP contribution in [0.25, 0.3) is 11.3 Å². The van der Waals surface area contributed by atoms with Crippen molar-refractivity contribution >= 4 is 23.4 Å². The second-order valence-corrected chi connectivity index (χ2v) is 7.81. The Morgan fingerprint density at radius 3 is 2.57 bits per heavy atom. The van der Waals surface area contributed by atoms with E-state index in [9.17, 15) is 18.0 Å². The predicted molar refractivity (Wildman–Crippen MR) is 132 cm³/mol. The minimum Gasteiger partial charge on any atom is -0.382 e. The Balaban J connectivity index is 1.52. The number of nitrogens with one attached hydrogen (secondary N) is 2. The molecule has 0 bridgehead atoms. The molecule has 4 aromatic rings. The molecule has 2 heterocycles. The van der Waals surface area contributed by atoms with E-state index in [2.05, 4.69) is 35.8 Å². The lowest BCUT2D eigenvalue weighted by Crippen LogP contribution is -2.22. The quantitative estimate of drug-likeness (QED) is 0.252. The maximum absolute atomic E-state index is 12.9. The molecule has 0 aliphatic rings. The number of carbonyl (C=O) groups is 1. The minimum absolute atomic E-state index is 0.0634. The van der Waals surface area contributed by atoms with E-state index < -0.39 is 11.9 Å². The molecule has 2 aromatic heterocycles. The van der Waals surface area contributed by atoms with Crippen LogP contribution < -0.4 is 16.5 Å². The molecule has 0 atom stereocenters. The highest BCUT2D eigenvalue weighted by Crippen LogP contribution is 2.27. The van der Waals surface area contributed by atoms with Crippen LogP contribution in [0, 0.1) is 0 Å². The Kier molecular flexibility index (Phi) is 7.37. The highest BCUT2D eigenvalue weighted by atomic mass is 19.4. The van der Waals surface area contributed by atoms with E-state index in [1.165, 1.54) is 6.20 Å². The van der Waals surface area contributed by atoms with Gasteiger partial charge in [-0.3, -0.25) is 4.79 Å². The van der Waals surface area contributed by atoms with Gasteiger partial charge in [0.1, 0.15) is 11.4 Å². The third-order valence-electron chi connectivity index (χ3n) is 5.13. The van der Waals surface area contributed by atoms with Crippen LogP contribution in [0.2, 0.25) is 0 Å². The van der Waals surface area contributed by atoms with E-state index in [1.807, 2.05) is 30.3 Å². The zero-order valence-corrected chi connectivity index (χ0v) is 19.5. The van der Waals surface area contributed by atoms with Crippen molar-refractivity contribution in [2.75, 3.05) is 11.2 Å². The van der Waals surface area contributed by atoms with Gasteiger partial charge in [-0.05, 0) is 30.7 Å². The lowest BCUT2D eigenvalue weighted by Gasteiger charge is -2.10. The summed E-state index contributed by atoms with van der Waals surface area (Å²) in [5.41, 5.74) is 10.1. The van der Waals surface area contributed by atoms with E-state index in [4.69, 9.17) is 5.73 Å². The maximum Gasteiger partial charge on any atom is 0.433 e. The van der Waals surface area contributed by atoms with Crippen molar-refractivity contribution in [3.63, 3.8) is 0 Å². The number of nitrogens with two attached hydrogens (primary N) is 1. The summed E-state index contributed by atoms with van der Waals surface area (Å²) in [5.74, 6) is -0.531. The molecule has 0 fully saturated rings. The monoisotopic (exact) mass is 506 g/mol. The average Bonchev–Trinajstić information content (AvgIpc) is 2.91. The van der Waals surface area contributed by atoms with Crippen molar-refractivity contribution in [2.24, 2.45) is 5.10 Å². The van der Waals surface area contributed by atoms with Gasteiger partial charge in [0, 0.05) is 23.9 Å². The second-order valence-electron chi connectivity index (χ2n) is 7.81. The van der Waals surface area contributed by atoms with Crippen molar-refractivity contribution in [3.05, 3.63) is 95.6 Å². The van der Waals surface area contributed by atoms with Crippen LogP contribution in [0.1, 0.15) is 34.2 Å². The van der Waals surface area contributed by atoms with Crippen LogP contribution in [-0.4, -0.2) is 31.6 Å². The van der Waals surface area contributed by atoms with Crippen molar-refractivity contribution in [1.82, 2.24) is 25.3 Å². The fourth-order valence-electron chi connectivity index (χ4n) is 3.26. The number of carbonyl (C=O) groups excluding carboxylic acids is 1. The summed E-state index contributed by atoms with van der Waals surface area (Å²) in [6.07, 6.45) is -2.19. The Bertz CT molecular complexity index is 1440. The number of benzene rings is 2. The molecule has 0 spiro atoms. The van der Waals surface area contributed by atoms with E-state index in [-0.39, 0.29) is 29.1 Å². The number of hydrogen-bond donors (Lipinski definition) is 3. The van der Waals surface area contributed by atoms with Crippen LogP contribution in [0.15, 0.2) is 78.2 Å². The van der Waals surface area contributed by atoms with Crippen LogP contribution >= 0.6 is 0 Å². The molecule has 12 heteroatoms. The zero-order valence-electron chi connectivity index (χ0n) is 19.5. The summed E-state index contributed by atoms with van der Waals surface area (Å²) in [7, 11) is 0. The molecule has 37 heavy (non-hydrogen) atoms. The number of halogens is 3. The number of alkyl halides is 3. The number of aromatic nitrogens is 4. The van der Waals surface area contributed by atoms with Crippen molar-refractivity contribution < 1.29 is 18.0 Å². The molecule has 0 saturated heterocycles. The van der Waals surface area contributed by atoms with Crippen LogP contribution in [-0.2, 0) is 12.7 Å². The lowest BCUT2D eigenvalue weighted by molar-refractivity contribution is -0.141. The van der Waals surface area contributed by atoms with E-state index in [0.717, 1.165) is 17.8 Å². The SMILES string of the molecule is CC(=NNc1nccc(C(F)(F)F)n1)c1nc(-c2cccc(C(=O)NCc3ccccc3)c2)cnc1N. The van der Waals surface area contributed by atoms with Gasteiger partial charge in [0.05, 0.1) is 17.6 Å². The summed E-state index contributed by atoms with van der Waals surface area (Å²) in [6.45, 7) is 1.94. The van der Waals surface area contributed by atoms with Gasteiger partial charge in [-0.1, -0.05) is 42.5 Å². The maximum atomic E-state index is 12.9. The fourth-order valence-corrected chi connectivity index (χ4v) is 3.26. The zero-order chi connectivity index (χ0) is 26.4. The molecule has 4 rings (SSSR count). The van der Waals surface area contributed by atoms with Crippen LogP contribution in [0.3, 0.4) is 0 Å². The Morgan fingerprint density at radius 1 is 1.03 bits per heavy atom. The lowest BCUT2D eigenvalue weighted by atomic mass is 10.1. The average molecular weight is 506 g/mol. The Labute approximate surface area is 209 Å². The number of anilines is 2. The van der Waals surface area contributed by atoms with Gasteiger partial charge >= 0.3 is 6.18 Å².